The molecule has 7 heteroatoms. The van der Waals surface area contributed by atoms with Crippen LogP contribution in [0.5, 0.6) is 0 Å². The number of ether oxygens (including phenoxy) is 1. The van der Waals surface area contributed by atoms with Gasteiger partial charge in [0, 0.05) is 32.2 Å². The second-order valence-electron chi connectivity index (χ2n) is 6.70. The van der Waals surface area contributed by atoms with Gasteiger partial charge in [-0.3, -0.25) is 19.3 Å². The summed E-state index contributed by atoms with van der Waals surface area (Å²) in [6.07, 6.45) is 1.69. The first-order chi connectivity index (χ1) is 13.0. The van der Waals surface area contributed by atoms with Crippen LogP contribution in [0.1, 0.15) is 32.3 Å². The van der Waals surface area contributed by atoms with Crippen molar-refractivity contribution < 1.29 is 19.1 Å². The normalized spacial score (nSPS) is 17.7. The van der Waals surface area contributed by atoms with Gasteiger partial charge in [0.25, 0.3) is 11.8 Å². The maximum atomic E-state index is 13.1. The summed E-state index contributed by atoms with van der Waals surface area (Å²) in [6.45, 7) is 6.15. The molecule has 0 unspecified atom stereocenters. The Morgan fingerprint density at radius 2 is 1.78 bits per heavy atom. The van der Waals surface area contributed by atoms with Gasteiger partial charge in [0.15, 0.2) is 0 Å². The summed E-state index contributed by atoms with van der Waals surface area (Å²) in [5.41, 5.74) is 2.24. The van der Waals surface area contributed by atoms with Crippen LogP contribution < -0.4 is 5.32 Å². The lowest BCUT2D eigenvalue weighted by molar-refractivity contribution is -0.137. The predicted molar refractivity (Wildman–Crippen MR) is 102 cm³/mol. The molecule has 3 amide bonds. The Bertz CT molecular complexity index is 764. The fourth-order valence-electron chi connectivity index (χ4n) is 3.35. The third kappa shape index (κ3) is 4.03. The molecule has 0 aromatic heterocycles. The van der Waals surface area contributed by atoms with Gasteiger partial charge in [0.2, 0.25) is 5.91 Å². The zero-order valence-corrected chi connectivity index (χ0v) is 15.8. The van der Waals surface area contributed by atoms with E-state index in [1.54, 1.807) is 24.3 Å². The number of nitrogens with zero attached hydrogens (tertiary/aromatic N) is 2. The number of hydrogen-bond acceptors (Lipinski definition) is 5. The molecule has 2 aliphatic heterocycles. The average Bonchev–Trinajstić information content (AvgIpc) is 2.91. The highest BCUT2D eigenvalue weighted by Gasteiger charge is 2.41. The second kappa shape index (κ2) is 8.35. The van der Waals surface area contributed by atoms with Crippen LogP contribution in [0.4, 0.5) is 5.69 Å². The average molecular weight is 371 g/mol. The third-order valence-corrected chi connectivity index (χ3v) is 4.70. The Hall–Kier alpha value is -2.67. The number of morpholine rings is 1. The number of hydrogen-bond donors (Lipinski definition) is 1. The maximum Gasteiger partial charge on any atom is 0.277 e. The molecule has 1 aromatic rings. The van der Waals surface area contributed by atoms with Crippen LogP contribution in [0.15, 0.2) is 30.0 Å². The standard InChI is InChI=1S/C20H25N3O4/c1-3-4-9-23-19(25)17(15-5-7-16(8-6-15)21-14(2)24)18(20(23)26)22-10-12-27-13-11-22/h5-8H,3-4,9-13H2,1-2H3,(H,21,24). The van der Waals surface area contributed by atoms with Gasteiger partial charge in [0.05, 0.1) is 18.8 Å². The first kappa shape index (κ1) is 19.1. The smallest absolute Gasteiger partial charge is 0.277 e. The summed E-state index contributed by atoms with van der Waals surface area (Å²) in [5, 5.41) is 2.71. The number of imide groups is 1. The zero-order valence-electron chi connectivity index (χ0n) is 15.8. The van der Waals surface area contributed by atoms with Crippen LogP contribution in [-0.2, 0) is 19.1 Å². The van der Waals surface area contributed by atoms with E-state index in [9.17, 15) is 14.4 Å². The first-order valence-corrected chi connectivity index (χ1v) is 9.34. The number of rotatable bonds is 6. The SMILES string of the molecule is CCCCN1C(=O)C(c2ccc(NC(C)=O)cc2)=C(N2CCOCC2)C1=O. The topological polar surface area (TPSA) is 79.0 Å². The molecule has 0 spiro atoms. The predicted octanol–water partition coefficient (Wildman–Crippen LogP) is 1.86. The molecule has 1 fully saturated rings. The van der Waals surface area contributed by atoms with E-state index in [1.807, 2.05) is 11.8 Å². The monoisotopic (exact) mass is 371 g/mol. The van der Waals surface area contributed by atoms with Crippen molar-refractivity contribution in [3.8, 4) is 0 Å². The van der Waals surface area contributed by atoms with E-state index in [0.717, 1.165) is 12.8 Å². The van der Waals surface area contributed by atoms with Gasteiger partial charge in [-0.05, 0) is 24.1 Å². The minimum Gasteiger partial charge on any atom is -0.378 e. The molecule has 144 valence electrons. The molecule has 0 bridgehead atoms. The highest BCUT2D eigenvalue weighted by molar-refractivity contribution is 6.35. The molecule has 0 aliphatic carbocycles. The summed E-state index contributed by atoms with van der Waals surface area (Å²) < 4.78 is 5.39. The lowest BCUT2D eigenvalue weighted by Gasteiger charge is -2.29. The van der Waals surface area contributed by atoms with E-state index in [2.05, 4.69) is 5.32 Å². The van der Waals surface area contributed by atoms with Crippen LogP contribution in [-0.4, -0.2) is 60.4 Å². The summed E-state index contributed by atoms with van der Waals surface area (Å²) in [7, 11) is 0. The number of unbranched alkanes of at least 4 members (excludes halogenated alkanes) is 1. The minimum atomic E-state index is -0.248. The van der Waals surface area contributed by atoms with Crippen molar-refractivity contribution in [2.75, 3.05) is 38.2 Å². The second-order valence-corrected chi connectivity index (χ2v) is 6.70. The molecule has 2 aliphatic rings. The molecule has 0 saturated carbocycles. The van der Waals surface area contributed by atoms with Gasteiger partial charge in [-0.15, -0.1) is 0 Å². The molecule has 27 heavy (non-hydrogen) atoms. The van der Waals surface area contributed by atoms with E-state index in [-0.39, 0.29) is 17.7 Å². The van der Waals surface area contributed by atoms with Gasteiger partial charge >= 0.3 is 0 Å². The lowest BCUT2D eigenvalue weighted by Crippen LogP contribution is -2.40. The molecule has 7 nitrogen and oxygen atoms in total. The van der Waals surface area contributed by atoms with Crippen LogP contribution >= 0.6 is 0 Å². The maximum absolute atomic E-state index is 13.1. The Balaban J connectivity index is 1.97. The van der Waals surface area contributed by atoms with Crippen molar-refractivity contribution >= 4 is 29.0 Å². The van der Waals surface area contributed by atoms with Crippen LogP contribution in [0.25, 0.3) is 5.57 Å². The van der Waals surface area contributed by atoms with Crippen molar-refractivity contribution in [3.05, 3.63) is 35.5 Å². The van der Waals surface area contributed by atoms with Crippen LogP contribution in [0.3, 0.4) is 0 Å². The van der Waals surface area contributed by atoms with Crippen molar-refractivity contribution in [3.63, 3.8) is 0 Å². The molecule has 1 N–H and O–H groups in total. The van der Waals surface area contributed by atoms with Gasteiger partial charge in [-0.1, -0.05) is 25.5 Å². The highest BCUT2D eigenvalue weighted by Crippen LogP contribution is 2.32. The molecule has 3 rings (SSSR count). The Morgan fingerprint density at radius 1 is 1.11 bits per heavy atom. The van der Waals surface area contributed by atoms with Gasteiger partial charge in [-0.2, -0.15) is 0 Å². The number of nitrogens with one attached hydrogen (secondary N) is 1. The van der Waals surface area contributed by atoms with E-state index in [0.29, 0.717) is 55.4 Å². The molecule has 0 atom stereocenters. The zero-order chi connectivity index (χ0) is 19.4. The van der Waals surface area contributed by atoms with Gasteiger partial charge in [-0.25, -0.2) is 0 Å². The minimum absolute atomic E-state index is 0.158. The summed E-state index contributed by atoms with van der Waals surface area (Å²) >= 11 is 0. The number of carbonyl (C=O) groups excluding carboxylic acids is 3. The highest BCUT2D eigenvalue weighted by atomic mass is 16.5. The quantitative estimate of drug-likeness (QED) is 0.772. The summed E-state index contributed by atoms with van der Waals surface area (Å²) in [4.78, 5) is 40.6. The molecular weight excluding hydrogens is 346 g/mol. The van der Waals surface area contributed by atoms with E-state index < -0.39 is 0 Å². The molecular formula is C20H25N3O4. The van der Waals surface area contributed by atoms with Crippen LogP contribution in [0, 0.1) is 0 Å². The number of anilines is 1. The Kier molecular flexibility index (Phi) is 5.91. The third-order valence-electron chi connectivity index (χ3n) is 4.70. The van der Waals surface area contributed by atoms with Crippen LogP contribution in [0.2, 0.25) is 0 Å². The Morgan fingerprint density at radius 3 is 2.37 bits per heavy atom. The van der Waals surface area contributed by atoms with Crippen molar-refractivity contribution in [2.24, 2.45) is 0 Å². The number of benzene rings is 1. The summed E-state index contributed by atoms with van der Waals surface area (Å²) in [6, 6.07) is 7.03. The Labute approximate surface area is 159 Å². The molecule has 0 radical (unpaired) electrons. The largest absolute Gasteiger partial charge is 0.378 e. The van der Waals surface area contributed by atoms with Gasteiger partial charge < -0.3 is 15.0 Å². The van der Waals surface area contributed by atoms with E-state index >= 15 is 0 Å². The number of carbonyl (C=O) groups is 3. The lowest BCUT2D eigenvalue weighted by atomic mass is 10.0. The summed E-state index contributed by atoms with van der Waals surface area (Å²) in [5.74, 6) is -0.632. The van der Waals surface area contributed by atoms with Crippen molar-refractivity contribution in [2.45, 2.75) is 26.7 Å². The van der Waals surface area contributed by atoms with E-state index in [1.165, 1.54) is 11.8 Å². The molecule has 1 aromatic carbocycles. The van der Waals surface area contributed by atoms with Crippen molar-refractivity contribution in [1.82, 2.24) is 9.80 Å². The van der Waals surface area contributed by atoms with E-state index in [4.69, 9.17) is 4.74 Å². The molecule has 1 saturated heterocycles. The molecule has 2 heterocycles. The number of amides is 3. The fourth-order valence-corrected chi connectivity index (χ4v) is 3.35. The first-order valence-electron chi connectivity index (χ1n) is 9.34. The fraction of sp³-hybridized carbons (Fsp3) is 0.450. The van der Waals surface area contributed by atoms with Gasteiger partial charge in [0.1, 0.15) is 5.70 Å². The van der Waals surface area contributed by atoms with Crippen molar-refractivity contribution in [1.29, 1.82) is 0 Å².